The molecule has 0 saturated carbocycles. The largest absolute Gasteiger partial charge is 0.492 e. The molecule has 0 spiro atoms. The minimum atomic E-state index is -0.0316. The Hall–Kier alpha value is -1.97. The third-order valence-electron chi connectivity index (χ3n) is 5.13. The maximum atomic E-state index is 10.8. The maximum absolute atomic E-state index is 10.8. The van der Waals surface area contributed by atoms with Crippen molar-refractivity contribution in [2.75, 3.05) is 33.2 Å². The average molecular weight is 361 g/mol. The Bertz CT molecular complexity index is 903. The molecule has 8 nitrogen and oxygen atoms in total. The number of piperazine rings is 1. The van der Waals surface area contributed by atoms with Crippen LogP contribution in [0.4, 0.5) is 0 Å². The average Bonchev–Trinajstić information content (AvgIpc) is 3.22. The fraction of sp³-hybridized carbons (Fsp3) is 0.562. The van der Waals surface area contributed by atoms with Gasteiger partial charge in [-0.15, -0.1) is 0 Å². The van der Waals surface area contributed by atoms with Crippen LogP contribution in [0.5, 0.6) is 5.88 Å². The van der Waals surface area contributed by atoms with Crippen LogP contribution < -0.4 is 0 Å². The van der Waals surface area contributed by atoms with Crippen molar-refractivity contribution >= 4 is 16.3 Å². The first-order valence-corrected chi connectivity index (χ1v) is 9.23. The normalized spacial score (nSPS) is 18.2. The number of aryl methyl sites for hydroxylation is 2. The van der Waals surface area contributed by atoms with Crippen LogP contribution in [-0.2, 0) is 7.05 Å². The van der Waals surface area contributed by atoms with Crippen LogP contribution in [0.2, 0.25) is 0 Å². The number of nitrogens with zero attached hydrogens (tertiary/aromatic N) is 7. The van der Waals surface area contributed by atoms with Crippen LogP contribution in [0.25, 0.3) is 4.96 Å². The van der Waals surface area contributed by atoms with Gasteiger partial charge in [0, 0.05) is 44.5 Å². The van der Waals surface area contributed by atoms with E-state index in [1.54, 1.807) is 0 Å². The third-order valence-corrected chi connectivity index (χ3v) is 6.22. The summed E-state index contributed by atoms with van der Waals surface area (Å²) in [7, 11) is 4.11. The Kier molecular flexibility index (Phi) is 4.01. The lowest BCUT2D eigenvalue weighted by atomic mass is 10.0. The number of likely N-dealkylation sites (N-methyl/N-ethyl adjacent to an activating group) is 1. The monoisotopic (exact) mass is 361 g/mol. The predicted molar refractivity (Wildman–Crippen MR) is 96.1 cm³/mol. The van der Waals surface area contributed by atoms with E-state index in [1.807, 2.05) is 18.7 Å². The Morgan fingerprint density at radius 2 is 1.88 bits per heavy atom. The minimum Gasteiger partial charge on any atom is -0.492 e. The first-order valence-electron chi connectivity index (χ1n) is 8.41. The van der Waals surface area contributed by atoms with Crippen molar-refractivity contribution in [1.29, 1.82) is 0 Å². The zero-order valence-electron chi connectivity index (χ0n) is 15.0. The van der Waals surface area contributed by atoms with Crippen molar-refractivity contribution in [2.24, 2.45) is 7.05 Å². The molecule has 0 aromatic carbocycles. The summed E-state index contributed by atoms with van der Waals surface area (Å²) in [6.45, 7) is 8.04. The molecule has 4 heterocycles. The van der Waals surface area contributed by atoms with Crippen LogP contribution in [0, 0.1) is 13.8 Å². The summed E-state index contributed by atoms with van der Waals surface area (Å²) in [5.74, 6) is 0.184. The number of thiazole rings is 1. The van der Waals surface area contributed by atoms with E-state index in [1.165, 1.54) is 27.7 Å². The fourth-order valence-electron chi connectivity index (χ4n) is 3.62. The Labute approximate surface area is 150 Å². The second-order valence-electron chi connectivity index (χ2n) is 6.69. The highest BCUT2D eigenvalue weighted by molar-refractivity contribution is 7.17. The molecule has 1 N–H and O–H groups in total. The Morgan fingerprint density at radius 3 is 2.48 bits per heavy atom. The van der Waals surface area contributed by atoms with Crippen LogP contribution in [0.3, 0.4) is 0 Å². The summed E-state index contributed by atoms with van der Waals surface area (Å²) in [6.07, 6.45) is 1.47. The van der Waals surface area contributed by atoms with E-state index < -0.39 is 0 Å². The van der Waals surface area contributed by atoms with Crippen molar-refractivity contribution in [3.8, 4) is 5.88 Å². The quantitative estimate of drug-likeness (QED) is 0.755. The molecule has 0 aliphatic carbocycles. The van der Waals surface area contributed by atoms with Gasteiger partial charge in [-0.2, -0.15) is 14.7 Å². The standard InChI is InChI=1S/C16H23N7OS/c1-10-12(11(2)21(4)19-10)13(22-7-5-20(3)6-8-22)14-15(24)23-16(25-14)17-9-18-23/h9,13,24H,5-8H2,1-4H3. The lowest BCUT2D eigenvalue weighted by Gasteiger charge is -2.37. The zero-order valence-corrected chi connectivity index (χ0v) is 15.8. The molecule has 0 bridgehead atoms. The van der Waals surface area contributed by atoms with Gasteiger partial charge >= 0.3 is 0 Å². The van der Waals surface area contributed by atoms with E-state index in [-0.39, 0.29) is 11.9 Å². The number of rotatable bonds is 3. The van der Waals surface area contributed by atoms with E-state index >= 15 is 0 Å². The Balaban J connectivity index is 1.86. The van der Waals surface area contributed by atoms with Gasteiger partial charge < -0.3 is 10.0 Å². The summed E-state index contributed by atoms with van der Waals surface area (Å²) < 4.78 is 3.44. The molecule has 0 radical (unpaired) electrons. The first kappa shape index (κ1) is 16.5. The fourth-order valence-corrected chi connectivity index (χ4v) is 4.69. The van der Waals surface area contributed by atoms with E-state index in [4.69, 9.17) is 0 Å². The highest BCUT2D eigenvalue weighted by Crippen LogP contribution is 2.41. The van der Waals surface area contributed by atoms with Gasteiger partial charge in [-0.25, -0.2) is 4.98 Å². The molecule has 25 heavy (non-hydrogen) atoms. The van der Waals surface area contributed by atoms with Crippen molar-refractivity contribution in [1.82, 2.24) is 34.2 Å². The zero-order chi connectivity index (χ0) is 17.7. The van der Waals surface area contributed by atoms with E-state index in [0.717, 1.165) is 42.4 Å². The highest BCUT2D eigenvalue weighted by Gasteiger charge is 2.34. The first-order chi connectivity index (χ1) is 12.0. The van der Waals surface area contributed by atoms with Gasteiger partial charge in [0.15, 0.2) is 0 Å². The summed E-state index contributed by atoms with van der Waals surface area (Å²) in [5, 5.41) is 19.5. The van der Waals surface area contributed by atoms with Gasteiger partial charge in [0.2, 0.25) is 10.8 Å². The predicted octanol–water partition coefficient (Wildman–Crippen LogP) is 1.18. The summed E-state index contributed by atoms with van der Waals surface area (Å²) >= 11 is 1.50. The van der Waals surface area contributed by atoms with Crippen LogP contribution in [0.15, 0.2) is 6.33 Å². The van der Waals surface area contributed by atoms with Crippen molar-refractivity contribution in [2.45, 2.75) is 19.9 Å². The molecule has 0 amide bonds. The number of fused-ring (bicyclic) bond motifs is 1. The summed E-state index contributed by atoms with van der Waals surface area (Å²) in [4.78, 5) is 10.6. The molecule has 1 aliphatic heterocycles. The lowest BCUT2D eigenvalue weighted by Crippen LogP contribution is -2.46. The van der Waals surface area contributed by atoms with Crippen LogP contribution in [-0.4, -0.2) is 72.5 Å². The van der Waals surface area contributed by atoms with E-state index in [9.17, 15) is 5.11 Å². The van der Waals surface area contributed by atoms with Gasteiger partial charge in [-0.1, -0.05) is 11.3 Å². The molecule has 1 aliphatic rings. The van der Waals surface area contributed by atoms with Crippen molar-refractivity contribution in [3.63, 3.8) is 0 Å². The summed E-state index contributed by atoms with van der Waals surface area (Å²) in [5.41, 5.74) is 3.30. The SMILES string of the molecule is Cc1nn(C)c(C)c1C(c1sc2ncnn2c1O)N1CCN(C)CC1. The molecule has 1 saturated heterocycles. The number of hydrogen-bond donors (Lipinski definition) is 1. The van der Waals surface area contributed by atoms with Gasteiger partial charge in [-0.3, -0.25) is 9.58 Å². The second-order valence-corrected chi connectivity index (χ2v) is 7.70. The number of hydrogen-bond acceptors (Lipinski definition) is 7. The summed E-state index contributed by atoms with van der Waals surface area (Å²) in [6, 6.07) is -0.0316. The minimum absolute atomic E-state index is 0.0316. The highest BCUT2D eigenvalue weighted by atomic mass is 32.1. The maximum Gasteiger partial charge on any atom is 0.230 e. The van der Waals surface area contributed by atoms with Crippen molar-refractivity contribution < 1.29 is 5.11 Å². The van der Waals surface area contributed by atoms with Gasteiger partial charge in [-0.05, 0) is 20.9 Å². The second kappa shape index (κ2) is 6.08. The van der Waals surface area contributed by atoms with E-state index in [2.05, 4.69) is 39.0 Å². The molecule has 9 heteroatoms. The van der Waals surface area contributed by atoms with Crippen LogP contribution in [0.1, 0.15) is 27.9 Å². The molecule has 1 unspecified atom stereocenters. The number of aromatic hydroxyl groups is 1. The molecule has 4 rings (SSSR count). The lowest BCUT2D eigenvalue weighted by molar-refractivity contribution is 0.126. The van der Waals surface area contributed by atoms with Gasteiger partial charge in [0.05, 0.1) is 16.6 Å². The molecular weight excluding hydrogens is 338 g/mol. The molecule has 1 atom stereocenters. The van der Waals surface area contributed by atoms with Gasteiger partial charge in [0.1, 0.15) is 6.33 Å². The molecule has 3 aromatic heterocycles. The molecular formula is C16H23N7OS. The van der Waals surface area contributed by atoms with E-state index in [0.29, 0.717) is 4.96 Å². The third kappa shape index (κ3) is 2.62. The topological polar surface area (TPSA) is 74.7 Å². The molecule has 3 aromatic rings. The Morgan fingerprint density at radius 1 is 1.16 bits per heavy atom. The smallest absolute Gasteiger partial charge is 0.230 e. The van der Waals surface area contributed by atoms with Crippen molar-refractivity contribution in [3.05, 3.63) is 28.2 Å². The van der Waals surface area contributed by atoms with Gasteiger partial charge in [0.25, 0.3) is 0 Å². The number of aromatic nitrogens is 5. The molecule has 134 valence electrons. The van der Waals surface area contributed by atoms with Crippen LogP contribution >= 0.6 is 11.3 Å². The molecule has 1 fully saturated rings.